The van der Waals surface area contributed by atoms with Crippen LogP contribution in [0.25, 0.3) is 0 Å². The van der Waals surface area contributed by atoms with Gasteiger partial charge in [-0.2, -0.15) is 0 Å². The molecule has 0 bridgehead atoms. The van der Waals surface area contributed by atoms with Crippen molar-refractivity contribution in [1.82, 2.24) is 9.80 Å². The minimum absolute atomic E-state index is 0.126. The Labute approximate surface area is 182 Å². The molecular weight excluding hydrogens is 374 g/mol. The van der Waals surface area contributed by atoms with Crippen LogP contribution in [0, 0.1) is 5.92 Å². The third-order valence-corrected chi connectivity index (χ3v) is 7.83. The van der Waals surface area contributed by atoms with Gasteiger partial charge in [0.15, 0.2) is 0 Å². The van der Waals surface area contributed by atoms with Crippen LogP contribution in [-0.4, -0.2) is 65.7 Å². The van der Waals surface area contributed by atoms with Crippen molar-refractivity contribution >= 4 is 11.6 Å². The smallest absolute Gasteiger partial charge is 0.236 e. The second kappa shape index (κ2) is 9.27. The number of carbonyl (C=O) groups excluding carboxylic acids is 1. The number of amides is 1. The average Bonchev–Trinajstić information content (AvgIpc) is 3.30. The van der Waals surface area contributed by atoms with Gasteiger partial charge in [0.05, 0.1) is 12.1 Å². The minimum Gasteiger partial charge on any atom is -0.389 e. The first kappa shape index (κ1) is 21.6. The van der Waals surface area contributed by atoms with Crippen molar-refractivity contribution < 1.29 is 9.90 Å². The van der Waals surface area contributed by atoms with E-state index >= 15 is 0 Å². The van der Waals surface area contributed by atoms with Crippen molar-refractivity contribution in [2.75, 3.05) is 44.2 Å². The lowest BCUT2D eigenvalue weighted by Crippen LogP contribution is -2.56. The van der Waals surface area contributed by atoms with E-state index in [4.69, 9.17) is 0 Å². The molecule has 0 spiro atoms. The molecule has 4 rings (SSSR count). The number of piperidine rings is 1. The molecule has 1 saturated carbocycles. The van der Waals surface area contributed by atoms with E-state index in [0.717, 1.165) is 71.2 Å². The summed E-state index contributed by atoms with van der Waals surface area (Å²) in [7, 11) is 0. The Hall–Kier alpha value is -1.59. The molecule has 5 heteroatoms. The van der Waals surface area contributed by atoms with E-state index in [9.17, 15) is 9.90 Å². The van der Waals surface area contributed by atoms with Gasteiger partial charge in [-0.25, -0.2) is 0 Å². The molecule has 0 aromatic heterocycles. The zero-order valence-corrected chi connectivity index (χ0v) is 18.9. The van der Waals surface area contributed by atoms with Crippen molar-refractivity contribution in [2.45, 2.75) is 70.4 Å². The number of fused-ring (bicyclic) bond motifs is 1. The Morgan fingerprint density at radius 1 is 1.03 bits per heavy atom. The monoisotopic (exact) mass is 413 g/mol. The van der Waals surface area contributed by atoms with Gasteiger partial charge in [-0.3, -0.25) is 9.69 Å². The van der Waals surface area contributed by atoms with Crippen LogP contribution in [0.15, 0.2) is 24.3 Å². The first-order valence-electron chi connectivity index (χ1n) is 12.1. The molecule has 166 valence electrons. The van der Waals surface area contributed by atoms with Crippen molar-refractivity contribution in [1.29, 1.82) is 0 Å². The standard InChI is InChI=1S/C25H39N3O2/c1-3-26(4-2)21-12-10-20(11-13-21)24-22-9-5-6-14-25(22,30)15-18-28(24)19-23(29)27-16-7-8-17-27/h10-13,22,24,30H,3-9,14-19H2,1-2H3/t22-,24+,25-/m0/s1. The van der Waals surface area contributed by atoms with Gasteiger partial charge in [-0.15, -0.1) is 0 Å². The molecular formula is C25H39N3O2. The van der Waals surface area contributed by atoms with Crippen LogP contribution >= 0.6 is 0 Å². The van der Waals surface area contributed by atoms with Gasteiger partial charge in [-0.1, -0.05) is 25.0 Å². The molecule has 1 aromatic carbocycles. The predicted molar refractivity (Wildman–Crippen MR) is 122 cm³/mol. The first-order valence-corrected chi connectivity index (χ1v) is 12.1. The van der Waals surface area contributed by atoms with E-state index in [1.54, 1.807) is 0 Å². The van der Waals surface area contributed by atoms with Gasteiger partial charge >= 0.3 is 0 Å². The fourth-order valence-electron chi connectivity index (χ4n) is 6.07. The Morgan fingerprint density at radius 3 is 2.40 bits per heavy atom. The summed E-state index contributed by atoms with van der Waals surface area (Å²) in [6.07, 6.45) is 7.29. The number of likely N-dealkylation sites (tertiary alicyclic amines) is 2. The molecule has 0 unspecified atom stereocenters. The van der Waals surface area contributed by atoms with Crippen molar-refractivity contribution in [3.8, 4) is 0 Å². The molecule has 2 aliphatic heterocycles. The molecule has 1 amide bonds. The lowest BCUT2D eigenvalue weighted by atomic mass is 9.66. The van der Waals surface area contributed by atoms with E-state index in [1.165, 1.54) is 17.7 Å². The summed E-state index contributed by atoms with van der Waals surface area (Å²) in [5, 5.41) is 11.5. The van der Waals surface area contributed by atoms with E-state index in [0.29, 0.717) is 6.54 Å². The van der Waals surface area contributed by atoms with E-state index in [2.05, 4.69) is 47.9 Å². The molecule has 2 saturated heterocycles. The van der Waals surface area contributed by atoms with Gasteiger partial charge < -0.3 is 14.9 Å². The number of hydrogen-bond donors (Lipinski definition) is 1. The second-order valence-corrected chi connectivity index (χ2v) is 9.47. The van der Waals surface area contributed by atoms with Gasteiger partial charge in [-0.05, 0) is 63.6 Å². The lowest BCUT2D eigenvalue weighted by Gasteiger charge is -2.52. The van der Waals surface area contributed by atoms with E-state index < -0.39 is 5.60 Å². The molecule has 0 radical (unpaired) electrons. The highest BCUT2D eigenvalue weighted by Crippen LogP contribution is 2.49. The number of aliphatic hydroxyl groups is 1. The maximum atomic E-state index is 13.0. The highest BCUT2D eigenvalue weighted by Gasteiger charge is 2.49. The molecule has 1 aliphatic carbocycles. The second-order valence-electron chi connectivity index (χ2n) is 9.47. The number of hydrogen-bond acceptors (Lipinski definition) is 4. The fourth-order valence-corrected chi connectivity index (χ4v) is 6.07. The maximum Gasteiger partial charge on any atom is 0.236 e. The Balaban J connectivity index is 1.60. The Bertz CT molecular complexity index is 712. The molecule has 5 nitrogen and oxygen atoms in total. The van der Waals surface area contributed by atoms with Crippen molar-refractivity contribution in [2.24, 2.45) is 5.92 Å². The van der Waals surface area contributed by atoms with Crippen LogP contribution in [0.4, 0.5) is 5.69 Å². The highest BCUT2D eigenvalue weighted by atomic mass is 16.3. The van der Waals surface area contributed by atoms with Crippen LogP contribution in [0.1, 0.15) is 70.4 Å². The first-order chi connectivity index (χ1) is 14.6. The van der Waals surface area contributed by atoms with Crippen LogP contribution in [0.3, 0.4) is 0 Å². The third kappa shape index (κ3) is 4.24. The molecule has 1 aromatic rings. The highest BCUT2D eigenvalue weighted by molar-refractivity contribution is 5.78. The lowest BCUT2D eigenvalue weighted by molar-refractivity contribution is -0.144. The van der Waals surface area contributed by atoms with E-state index in [-0.39, 0.29) is 17.9 Å². The van der Waals surface area contributed by atoms with Gasteiger partial charge in [0, 0.05) is 50.4 Å². The summed E-state index contributed by atoms with van der Waals surface area (Å²) in [4.78, 5) is 19.7. The normalized spacial score (nSPS) is 29.6. The van der Waals surface area contributed by atoms with Crippen molar-refractivity contribution in [3.05, 3.63) is 29.8 Å². The van der Waals surface area contributed by atoms with Crippen LogP contribution in [-0.2, 0) is 4.79 Å². The topological polar surface area (TPSA) is 47.0 Å². The molecule has 3 fully saturated rings. The molecule has 3 atom stereocenters. The molecule has 30 heavy (non-hydrogen) atoms. The number of nitrogens with zero attached hydrogens (tertiary/aromatic N) is 3. The molecule has 2 heterocycles. The number of rotatable bonds is 6. The average molecular weight is 414 g/mol. The zero-order chi connectivity index (χ0) is 21.1. The Morgan fingerprint density at radius 2 is 1.73 bits per heavy atom. The summed E-state index contributed by atoms with van der Waals surface area (Å²) < 4.78 is 0. The minimum atomic E-state index is -0.576. The summed E-state index contributed by atoms with van der Waals surface area (Å²) in [5.74, 6) is 0.476. The van der Waals surface area contributed by atoms with Gasteiger partial charge in [0.25, 0.3) is 0 Å². The van der Waals surface area contributed by atoms with Crippen molar-refractivity contribution in [3.63, 3.8) is 0 Å². The third-order valence-electron chi connectivity index (χ3n) is 7.83. The summed E-state index contributed by atoms with van der Waals surface area (Å²) in [6, 6.07) is 9.05. The largest absolute Gasteiger partial charge is 0.389 e. The number of anilines is 1. The van der Waals surface area contributed by atoms with E-state index in [1.807, 2.05) is 4.90 Å². The predicted octanol–water partition coefficient (Wildman–Crippen LogP) is 3.82. The SMILES string of the molecule is CCN(CC)c1ccc([C@@H]2[C@@H]3CCCC[C@]3(O)CCN2CC(=O)N2CCCC2)cc1. The summed E-state index contributed by atoms with van der Waals surface area (Å²) >= 11 is 0. The Kier molecular flexibility index (Phi) is 6.69. The number of benzene rings is 1. The van der Waals surface area contributed by atoms with Crippen LogP contribution < -0.4 is 4.90 Å². The maximum absolute atomic E-state index is 13.0. The zero-order valence-electron chi connectivity index (χ0n) is 18.9. The van der Waals surface area contributed by atoms with Crippen LogP contribution in [0.2, 0.25) is 0 Å². The molecule has 3 aliphatic rings. The van der Waals surface area contributed by atoms with Gasteiger partial charge in [0.1, 0.15) is 0 Å². The summed E-state index contributed by atoms with van der Waals surface area (Å²) in [6.45, 7) is 9.46. The van der Waals surface area contributed by atoms with Crippen LogP contribution in [0.5, 0.6) is 0 Å². The summed E-state index contributed by atoms with van der Waals surface area (Å²) in [5.41, 5.74) is 1.93. The fraction of sp³-hybridized carbons (Fsp3) is 0.720. The quantitative estimate of drug-likeness (QED) is 0.770. The van der Waals surface area contributed by atoms with Gasteiger partial charge in [0.2, 0.25) is 5.91 Å². The molecule has 1 N–H and O–H groups in total. The number of carbonyl (C=O) groups is 1.